The second-order valence-corrected chi connectivity index (χ2v) is 8.44. The highest BCUT2D eigenvalue weighted by molar-refractivity contribution is 6.07. The topological polar surface area (TPSA) is 73.9 Å². The third-order valence-corrected chi connectivity index (χ3v) is 6.07. The van der Waals surface area contributed by atoms with Crippen molar-refractivity contribution >= 4 is 17.1 Å². The van der Waals surface area contributed by atoms with Crippen LogP contribution < -0.4 is 5.43 Å². The number of anilines is 1. The van der Waals surface area contributed by atoms with Gasteiger partial charge in [-0.25, -0.2) is 0 Å². The highest BCUT2D eigenvalue weighted by Gasteiger charge is 2.65. The van der Waals surface area contributed by atoms with E-state index in [0.29, 0.717) is 24.3 Å². The second kappa shape index (κ2) is 7.28. The van der Waals surface area contributed by atoms with Gasteiger partial charge in [0.2, 0.25) is 5.71 Å². The van der Waals surface area contributed by atoms with Gasteiger partial charge in [0.05, 0.1) is 5.69 Å². The van der Waals surface area contributed by atoms with Gasteiger partial charge in [-0.15, -0.1) is 5.06 Å². The number of hydroxylamine groups is 3. The molecule has 1 atom stereocenters. The minimum absolute atomic E-state index is 0.529. The van der Waals surface area contributed by atoms with Crippen molar-refractivity contribution in [2.45, 2.75) is 57.7 Å². The minimum Gasteiger partial charge on any atom is -0.622 e. The van der Waals surface area contributed by atoms with Crippen molar-refractivity contribution < 1.29 is 9.95 Å². The number of nitrogens with one attached hydrogen (secondary N) is 1. The van der Waals surface area contributed by atoms with Crippen LogP contribution in [0.4, 0.5) is 5.69 Å². The Morgan fingerprint density at radius 3 is 2.45 bits per heavy atom. The summed E-state index contributed by atoms with van der Waals surface area (Å²) in [6.07, 6.45) is 2.99. The molecule has 2 aromatic carbocycles. The largest absolute Gasteiger partial charge is 0.622 e. The minimum atomic E-state index is -1.19. The lowest BCUT2D eigenvalue weighted by Crippen LogP contribution is -2.61. The maximum Gasteiger partial charge on any atom is 0.292 e. The van der Waals surface area contributed by atoms with Gasteiger partial charge >= 0.3 is 0 Å². The van der Waals surface area contributed by atoms with E-state index in [1.807, 2.05) is 75.4 Å². The Labute approximate surface area is 171 Å². The first-order chi connectivity index (χ1) is 13.9. The fourth-order valence-corrected chi connectivity index (χ4v) is 4.51. The molecule has 1 heterocycles. The molecule has 4 rings (SSSR count). The fourth-order valence-electron chi connectivity index (χ4n) is 4.51. The van der Waals surface area contributed by atoms with E-state index in [1.54, 1.807) is 0 Å². The van der Waals surface area contributed by atoms with Gasteiger partial charge in [0.25, 0.3) is 5.66 Å². The Kier molecular flexibility index (Phi) is 4.92. The number of para-hydroxylation sites is 1. The van der Waals surface area contributed by atoms with Crippen molar-refractivity contribution in [3.8, 4) is 0 Å². The molecule has 0 amide bonds. The first kappa shape index (κ1) is 19.6. The molecule has 1 aliphatic heterocycles. The molecule has 2 N–H and O–H groups in total. The van der Waals surface area contributed by atoms with Gasteiger partial charge in [0.1, 0.15) is 11.3 Å². The summed E-state index contributed by atoms with van der Waals surface area (Å²) in [7, 11) is 0. The van der Waals surface area contributed by atoms with Crippen LogP contribution in [-0.2, 0) is 0 Å². The maximum atomic E-state index is 13.8. The molecule has 1 aliphatic carbocycles. The molecule has 1 saturated carbocycles. The van der Waals surface area contributed by atoms with Gasteiger partial charge in [0.15, 0.2) is 0 Å². The predicted octanol–water partition coefficient (Wildman–Crippen LogP) is 4.52. The van der Waals surface area contributed by atoms with Crippen molar-refractivity contribution in [1.29, 1.82) is 0 Å². The van der Waals surface area contributed by atoms with Crippen molar-refractivity contribution in [2.75, 3.05) is 5.43 Å². The standard InChI is InChI=1S/C23H28N4O2/c1-17-12-14-18(15-13-17)21-22(2,3)27(29)23(26(21)28)16-8-7-11-20(23)25-24-19-9-5-4-6-10-19/h4-6,9-10,12-15,24,29H,7-8,11,16H2,1-3H3/b25-20+. The van der Waals surface area contributed by atoms with Crippen molar-refractivity contribution in [2.24, 2.45) is 5.10 Å². The number of benzene rings is 2. The summed E-state index contributed by atoms with van der Waals surface area (Å²) in [6.45, 7) is 5.79. The summed E-state index contributed by atoms with van der Waals surface area (Å²) >= 11 is 0. The lowest BCUT2D eigenvalue weighted by atomic mass is 9.86. The van der Waals surface area contributed by atoms with Gasteiger partial charge in [-0.3, -0.25) is 5.43 Å². The molecular formula is C23H28N4O2. The summed E-state index contributed by atoms with van der Waals surface area (Å²) in [6, 6.07) is 17.5. The molecule has 2 aliphatic rings. The zero-order valence-corrected chi connectivity index (χ0v) is 17.2. The van der Waals surface area contributed by atoms with Crippen molar-refractivity contribution in [3.05, 3.63) is 70.9 Å². The van der Waals surface area contributed by atoms with Crippen LogP contribution in [0.2, 0.25) is 0 Å². The number of hydrazone groups is 1. The molecule has 0 bridgehead atoms. The van der Waals surface area contributed by atoms with Crippen LogP contribution in [0.5, 0.6) is 0 Å². The van der Waals surface area contributed by atoms with E-state index >= 15 is 0 Å². The molecule has 1 spiro atoms. The van der Waals surface area contributed by atoms with E-state index in [9.17, 15) is 10.4 Å². The van der Waals surface area contributed by atoms with Crippen LogP contribution in [0.1, 0.15) is 50.7 Å². The Balaban J connectivity index is 1.81. The van der Waals surface area contributed by atoms with Crippen LogP contribution in [0.25, 0.3) is 0 Å². The Morgan fingerprint density at radius 2 is 1.76 bits per heavy atom. The number of hydrogen-bond acceptors (Lipinski definition) is 5. The fraction of sp³-hybridized carbons (Fsp3) is 0.391. The zero-order chi connectivity index (χ0) is 20.6. The van der Waals surface area contributed by atoms with Crippen LogP contribution in [0, 0.1) is 12.1 Å². The average Bonchev–Trinajstić information content (AvgIpc) is 2.87. The molecule has 1 fully saturated rings. The van der Waals surface area contributed by atoms with Gasteiger partial charge in [-0.05, 0) is 64.3 Å². The average molecular weight is 393 g/mol. The van der Waals surface area contributed by atoms with E-state index in [2.05, 4.69) is 10.5 Å². The molecule has 6 heteroatoms. The van der Waals surface area contributed by atoms with Crippen LogP contribution >= 0.6 is 0 Å². The normalized spacial score (nSPS) is 25.7. The van der Waals surface area contributed by atoms with Gasteiger partial charge in [-0.1, -0.05) is 35.9 Å². The van der Waals surface area contributed by atoms with Gasteiger partial charge in [-0.2, -0.15) is 9.84 Å². The Morgan fingerprint density at radius 1 is 1.07 bits per heavy atom. The summed E-state index contributed by atoms with van der Waals surface area (Å²) < 4.78 is 1.00. The summed E-state index contributed by atoms with van der Waals surface area (Å²) in [5, 5.41) is 30.9. The molecule has 6 nitrogen and oxygen atoms in total. The summed E-state index contributed by atoms with van der Waals surface area (Å²) in [5.74, 6) is 0. The second-order valence-electron chi connectivity index (χ2n) is 8.44. The highest BCUT2D eigenvalue weighted by Crippen LogP contribution is 2.42. The van der Waals surface area contributed by atoms with Crippen LogP contribution in [0.15, 0.2) is 59.7 Å². The number of hydrogen-bond donors (Lipinski definition) is 2. The van der Waals surface area contributed by atoms with E-state index in [0.717, 1.165) is 34.4 Å². The zero-order valence-electron chi connectivity index (χ0n) is 17.2. The lowest BCUT2D eigenvalue weighted by Gasteiger charge is -2.38. The molecule has 2 aromatic rings. The Hall–Kier alpha value is -2.70. The number of aryl methyl sites for hydroxylation is 1. The molecule has 0 saturated heterocycles. The van der Waals surface area contributed by atoms with E-state index in [1.165, 1.54) is 5.06 Å². The smallest absolute Gasteiger partial charge is 0.292 e. The molecule has 1 unspecified atom stereocenters. The van der Waals surface area contributed by atoms with Gasteiger partial charge in [0, 0.05) is 12.0 Å². The molecule has 0 aromatic heterocycles. The first-order valence-electron chi connectivity index (χ1n) is 10.2. The third-order valence-electron chi connectivity index (χ3n) is 6.07. The SMILES string of the molecule is Cc1ccc(C2=[N+]([O-])C3(CCCC/C3=N\Nc3ccccc3)N(O)C2(C)C)cc1. The Bertz CT molecular complexity index is 951. The molecular weight excluding hydrogens is 364 g/mol. The maximum absolute atomic E-state index is 13.8. The number of rotatable bonds is 3. The van der Waals surface area contributed by atoms with Gasteiger partial charge < -0.3 is 10.4 Å². The van der Waals surface area contributed by atoms with Crippen LogP contribution in [0.3, 0.4) is 0 Å². The van der Waals surface area contributed by atoms with Crippen molar-refractivity contribution in [1.82, 2.24) is 5.06 Å². The summed E-state index contributed by atoms with van der Waals surface area (Å²) in [5.41, 5.74) is 5.07. The highest BCUT2D eigenvalue weighted by atomic mass is 16.6. The quantitative estimate of drug-likeness (QED) is 0.458. The third kappa shape index (κ3) is 3.12. The first-order valence-corrected chi connectivity index (χ1v) is 10.2. The van der Waals surface area contributed by atoms with E-state index in [4.69, 9.17) is 0 Å². The van der Waals surface area contributed by atoms with E-state index < -0.39 is 11.2 Å². The lowest BCUT2D eigenvalue weighted by molar-refractivity contribution is -0.568. The van der Waals surface area contributed by atoms with Crippen LogP contribution in [-0.4, -0.2) is 37.6 Å². The van der Waals surface area contributed by atoms with E-state index in [-0.39, 0.29) is 0 Å². The molecule has 0 radical (unpaired) electrons. The van der Waals surface area contributed by atoms with Crippen molar-refractivity contribution in [3.63, 3.8) is 0 Å². The monoisotopic (exact) mass is 392 g/mol. The molecule has 152 valence electrons. The predicted molar refractivity (Wildman–Crippen MR) is 115 cm³/mol. The molecule has 29 heavy (non-hydrogen) atoms. The number of nitrogens with zero attached hydrogens (tertiary/aromatic N) is 3. The summed E-state index contributed by atoms with van der Waals surface area (Å²) in [4.78, 5) is 0.